The zero-order chi connectivity index (χ0) is 13.8. The third kappa shape index (κ3) is 3.75. The first kappa shape index (κ1) is 13.5. The summed E-state index contributed by atoms with van der Waals surface area (Å²) in [5, 5.41) is 5.06. The molecule has 2 amide bonds. The van der Waals surface area contributed by atoms with Crippen LogP contribution in [-0.2, 0) is 0 Å². The van der Waals surface area contributed by atoms with E-state index in [1.165, 1.54) is 42.5 Å². The molecule has 0 atom stereocenters. The Hall–Kier alpha value is -1.95. The van der Waals surface area contributed by atoms with Gasteiger partial charge in [-0.2, -0.15) is 0 Å². The van der Waals surface area contributed by atoms with Gasteiger partial charge in [0.25, 0.3) is 0 Å². The number of hydrogen-bond acceptors (Lipinski definition) is 1. The van der Waals surface area contributed by atoms with Crippen molar-refractivity contribution in [2.75, 3.05) is 10.6 Å². The summed E-state index contributed by atoms with van der Waals surface area (Å²) in [6.45, 7) is 0. The number of hydrogen-bond donors (Lipinski definition) is 2. The molecule has 0 bridgehead atoms. The Morgan fingerprint density at radius 1 is 0.947 bits per heavy atom. The minimum Gasteiger partial charge on any atom is -0.308 e. The first-order valence-electron chi connectivity index (χ1n) is 5.33. The number of carbonyl (C=O) groups is 1. The van der Waals surface area contributed by atoms with Crippen LogP contribution in [0.2, 0.25) is 0 Å². The predicted molar refractivity (Wildman–Crippen MR) is 73.1 cm³/mol. The fraction of sp³-hybridized carbons (Fsp3) is 0. The second kappa shape index (κ2) is 5.79. The minimum atomic E-state index is -0.495. The summed E-state index contributed by atoms with van der Waals surface area (Å²) in [7, 11) is 0. The number of halogens is 3. The highest BCUT2D eigenvalue weighted by molar-refractivity contribution is 9.10. The second-order valence-corrected chi connectivity index (χ2v) is 4.57. The van der Waals surface area contributed by atoms with Gasteiger partial charge in [0.1, 0.15) is 11.6 Å². The van der Waals surface area contributed by atoms with Crippen LogP contribution < -0.4 is 10.6 Å². The molecule has 2 aromatic rings. The van der Waals surface area contributed by atoms with Gasteiger partial charge in [-0.15, -0.1) is 0 Å². The Balaban J connectivity index is 2.01. The smallest absolute Gasteiger partial charge is 0.308 e. The largest absolute Gasteiger partial charge is 0.323 e. The van der Waals surface area contributed by atoms with Crippen LogP contribution in [0.15, 0.2) is 46.9 Å². The van der Waals surface area contributed by atoms with Gasteiger partial charge < -0.3 is 10.6 Å². The summed E-state index contributed by atoms with van der Waals surface area (Å²) >= 11 is 3.02. The van der Waals surface area contributed by atoms with Gasteiger partial charge in [0, 0.05) is 11.4 Å². The molecule has 0 heterocycles. The van der Waals surface area contributed by atoms with Gasteiger partial charge >= 0.3 is 6.03 Å². The van der Waals surface area contributed by atoms with Crippen LogP contribution in [0.25, 0.3) is 0 Å². The second-order valence-electron chi connectivity index (χ2n) is 3.71. The maximum Gasteiger partial charge on any atom is 0.323 e. The highest BCUT2D eigenvalue weighted by Crippen LogP contribution is 2.20. The molecule has 0 aromatic heterocycles. The molecule has 2 aromatic carbocycles. The molecule has 98 valence electrons. The summed E-state index contributed by atoms with van der Waals surface area (Å²) in [5.74, 6) is -0.794. The van der Waals surface area contributed by atoms with Gasteiger partial charge in [0.15, 0.2) is 0 Å². The first-order valence-corrected chi connectivity index (χ1v) is 6.12. The number of amides is 2. The van der Waals surface area contributed by atoms with Crippen LogP contribution in [0, 0.1) is 11.6 Å². The molecule has 0 radical (unpaired) electrons. The third-order valence-electron chi connectivity index (χ3n) is 2.28. The van der Waals surface area contributed by atoms with E-state index in [0.717, 1.165) is 0 Å². The van der Waals surface area contributed by atoms with E-state index in [-0.39, 0.29) is 10.3 Å². The van der Waals surface area contributed by atoms with Crippen molar-refractivity contribution in [1.29, 1.82) is 0 Å². The van der Waals surface area contributed by atoms with Crippen molar-refractivity contribution in [3.8, 4) is 0 Å². The Kier molecular flexibility index (Phi) is 4.11. The number of nitrogens with one attached hydrogen (secondary N) is 2. The monoisotopic (exact) mass is 326 g/mol. The lowest BCUT2D eigenvalue weighted by Gasteiger charge is -2.08. The standard InChI is InChI=1S/C13H9BrF2N2O/c14-11-7-10(5-6-12(11)16)18-13(19)17-9-3-1-8(15)2-4-9/h1-7H,(H2,17,18,19). The molecule has 0 saturated carbocycles. The fourth-order valence-electron chi connectivity index (χ4n) is 1.40. The van der Waals surface area contributed by atoms with E-state index in [0.29, 0.717) is 11.4 Å². The number of urea groups is 1. The molecule has 0 aliphatic heterocycles. The van der Waals surface area contributed by atoms with Gasteiger partial charge in [-0.05, 0) is 58.4 Å². The SMILES string of the molecule is O=C(Nc1ccc(F)cc1)Nc1ccc(F)c(Br)c1. The van der Waals surface area contributed by atoms with E-state index >= 15 is 0 Å². The molecule has 2 N–H and O–H groups in total. The van der Waals surface area contributed by atoms with Gasteiger partial charge in [-0.3, -0.25) is 0 Å². The molecule has 3 nitrogen and oxygen atoms in total. The topological polar surface area (TPSA) is 41.1 Å². The van der Waals surface area contributed by atoms with Gasteiger partial charge in [0.2, 0.25) is 0 Å². The van der Waals surface area contributed by atoms with Crippen molar-refractivity contribution in [2.45, 2.75) is 0 Å². The number of carbonyl (C=O) groups excluding carboxylic acids is 1. The molecule has 2 rings (SSSR count). The molecule has 6 heteroatoms. The van der Waals surface area contributed by atoms with Crippen molar-refractivity contribution >= 4 is 33.3 Å². The molecule has 0 unspecified atom stereocenters. The normalized spacial score (nSPS) is 10.1. The molecular formula is C13H9BrF2N2O. The van der Waals surface area contributed by atoms with Crippen molar-refractivity contribution in [3.05, 3.63) is 58.6 Å². The quantitative estimate of drug-likeness (QED) is 0.845. The highest BCUT2D eigenvalue weighted by atomic mass is 79.9. The van der Waals surface area contributed by atoms with E-state index in [4.69, 9.17) is 0 Å². The number of benzene rings is 2. The van der Waals surface area contributed by atoms with E-state index in [9.17, 15) is 13.6 Å². The molecule has 0 aliphatic rings. The van der Waals surface area contributed by atoms with Crippen LogP contribution in [-0.4, -0.2) is 6.03 Å². The Labute approximate surface area is 116 Å². The third-order valence-corrected chi connectivity index (χ3v) is 2.89. The first-order chi connectivity index (χ1) is 9.04. The lowest BCUT2D eigenvalue weighted by Crippen LogP contribution is -2.19. The van der Waals surface area contributed by atoms with Crippen LogP contribution in [0.1, 0.15) is 0 Å². The Morgan fingerprint density at radius 3 is 2.16 bits per heavy atom. The summed E-state index contributed by atoms with van der Waals surface area (Å²) in [6.07, 6.45) is 0. The minimum absolute atomic E-state index is 0.257. The van der Waals surface area contributed by atoms with Crippen LogP contribution in [0.5, 0.6) is 0 Å². The maximum absolute atomic E-state index is 13.0. The lowest BCUT2D eigenvalue weighted by molar-refractivity contribution is 0.262. The zero-order valence-corrected chi connectivity index (χ0v) is 11.2. The summed E-state index contributed by atoms with van der Waals surface area (Å²) in [6, 6.07) is 8.98. The van der Waals surface area contributed by atoms with E-state index < -0.39 is 11.8 Å². The Morgan fingerprint density at radius 2 is 1.53 bits per heavy atom. The van der Waals surface area contributed by atoms with E-state index in [1.54, 1.807) is 0 Å². The zero-order valence-electron chi connectivity index (χ0n) is 9.58. The van der Waals surface area contributed by atoms with Crippen molar-refractivity contribution in [1.82, 2.24) is 0 Å². The van der Waals surface area contributed by atoms with Gasteiger partial charge in [-0.25, -0.2) is 13.6 Å². The Bertz CT molecular complexity index is 602. The molecule has 0 saturated heterocycles. The number of anilines is 2. The van der Waals surface area contributed by atoms with Crippen molar-refractivity contribution in [3.63, 3.8) is 0 Å². The van der Waals surface area contributed by atoms with Crippen LogP contribution >= 0.6 is 15.9 Å². The van der Waals surface area contributed by atoms with E-state index in [2.05, 4.69) is 26.6 Å². The molecule has 0 fully saturated rings. The van der Waals surface area contributed by atoms with Crippen LogP contribution in [0.4, 0.5) is 25.0 Å². The van der Waals surface area contributed by atoms with Crippen molar-refractivity contribution < 1.29 is 13.6 Å². The molecule has 0 aliphatic carbocycles. The number of rotatable bonds is 2. The van der Waals surface area contributed by atoms with E-state index in [1.807, 2.05) is 0 Å². The summed E-state index contributed by atoms with van der Waals surface area (Å²) < 4.78 is 26.0. The lowest BCUT2D eigenvalue weighted by atomic mass is 10.3. The average molecular weight is 327 g/mol. The fourth-order valence-corrected chi connectivity index (χ4v) is 1.78. The maximum atomic E-state index is 13.0. The molecular weight excluding hydrogens is 318 g/mol. The summed E-state index contributed by atoms with van der Waals surface area (Å²) in [5.41, 5.74) is 0.896. The van der Waals surface area contributed by atoms with Gasteiger partial charge in [-0.1, -0.05) is 0 Å². The predicted octanol–water partition coefficient (Wildman–Crippen LogP) is 4.37. The summed E-state index contributed by atoms with van der Waals surface area (Å²) in [4.78, 5) is 11.6. The van der Waals surface area contributed by atoms with Crippen LogP contribution in [0.3, 0.4) is 0 Å². The molecule has 19 heavy (non-hydrogen) atoms. The molecule has 0 spiro atoms. The average Bonchev–Trinajstić information content (AvgIpc) is 2.37. The van der Waals surface area contributed by atoms with Gasteiger partial charge in [0.05, 0.1) is 4.47 Å². The highest BCUT2D eigenvalue weighted by Gasteiger charge is 2.05. The van der Waals surface area contributed by atoms with Crippen molar-refractivity contribution in [2.24, 2.45) is 0 Å².